The van der Waals surface area contributed by atoms with Gasteiger partial charge in [-0.15, -0.1) is 0 Å². The van der Waals surface area contributed by atoms with E-state index in [1.165, 1.54) is 5.92 Å². The molecule has 0 aromatic heterocycles. The highest BCUT2D eigenvalue weighted by atomic mass is 19.4. The van der Waals surface area contributed by atoms with E-state index in [9.17, 15) is 30.7 Å². The third-order valence-corrected chi connectivity index (χ3v) is 4.70. The van der Waals surface area contributed by atoms with E-state index in [0.29, 0.717) is 23.3 Å². The maximum absolute atomic E-state index is 14.5. The Hall–Kier alpha value is -3.47. The van der Waals surface area contributed by atoms with Crippen LogP contribution in [0.15, 0.2) is 48.5 Å². The summed E-state index contributed by atoms with van der Waals surface area (Å²) in [7, 11) is 0. The van der Waals surface area contributed by atoms with Crippen LogP contribution >= 0.6 is 0 Å². The van der Waals surface area contributed by atoms with Gasteiger partial charge in [-0.25, -0.2) is 17.6 Å². The summed E-state index contributed by atoms with van der Waals surface area (Å²) >= 11 is 0. The van der Waals surface area contributed by atoms with Crippen LogP contribution in [0, 0.1) is 35.1 Å². The molecule has 0 fully saturated rings. The topological polar surface area (TPSA) is 9.23 Å². The van der Waals surface area contributed by atoms with Crippen LogP contribution in [0.2, 0.25) is 0 Å². The summed E-state index contributed by atoms with van der Waals surface area (Å²) in [5.74, 6) is -2.96. The van der Waals surface area contributed by atoms with Gasteiger partial charge in [0.05, 0.1) is 11.1 Å². The lowest BCUT2D eigenvalue weighted by Crippen LogP contribution is -2.04. The van der Waals surface area contributed by atoms with Gasteiger partial charge in [-0.2, -0.15) is 13.2 Å². The smallest absolute Gasteiger partial charge is 0.458 e. The first-order valence-electron chi connectivity index (χ1n) is 9.86. The lowest BCUT2D eigenvalue weighted by molar-refractivity contribution is -0.0696. The molecule has 1 nitrogen and oxygen atoms in total. The molecule has 0 amide bonds. The average molecular weight is 466 g/mol. The number of benzene rings is 3. The summed E-state index contributed by atoms with van der Waals surface area (Å²) in [4.78, 5) is 0. The summed E-state index contributed by atoms with van der Waals surface area (Å²) in [5, 5.41) is 0. The van der Waals surface area contributed by atoms with Crippen molar-refractivity contribution in [2.24, 2.45) is 0 Å². The first-order valence-corrected chi connectivity index (χ1v) is 9.86. The second-order valence-corrected chi connectivity index (χ2v) is 7.16. The molecule has 0 spiro atoms. The maximum atomic E-state index is 14.5. The second-order valence-electron chi connectivity index (χ2n) is 7.16. The van der Waals surface area contributed by atoms with Gasteiger partial charge in [-0.1, -0.05) is 43.5 Å². The molecule has 0 saturated heterocycles. The van der Waals surface area contributed by atoms with Crippen molar-refractivity contribution in [2.45, 2.75) is 32.5 Å². The number of hydrogen-bond acceptors (Lipinski definition) is 1. The molecule has 3 aromatic carbocycles. The van der Waals surface area contributed by atoms with Crippen LogP contribution in [0.5, 0.6) is 5.75 Å². The van der Waals surface area contributed by atoms with Gasteiger partial charge in [-0.3, -0.25) is 0 Å². The lowest BCUT2D eigenvalue weighted by atomic mass is 10.0. The molecule has 0 saturated carbocycles. The number of hydrogen-bond donors (Lipinski definition) is 0. The SMILES string of the molecule is CCCc1ccc(-c2cc(F)c(COc3cc(F)c(C#CC(F)(F)F)c(F)c3)c(F)c2)cc1. The highest BCUT2D eigenvalue weighted by Crippen LogP contribution is 2.27. The zero-order chi connectivity index (χ0) is 24.2. The molecular formula is C25H17F7O. The first-order chi connectivity index (χ1) is 15.6. The molecule has 0 atom stereocenters. The Balaban J connectivity index is 1.78. The molecule has 0 radical (unpaired) electrons. The predicted molar refractivity (Wildman–Crippen MR) is 109 cm³/mol. The van der Waals surface area contributed by atoms with Gasteiger partial charge < -0.3 is 4.74 Å². The molecule has 0 aliphatic heterocycles. The average Bonchev–Trinajstić information content (AvgIpc) is 2.72. The monoisotopic (exact) mass is 466 g/mol. The molecule has 33 heavy (non-hydrogen) atoms. The highest BCUT2D eigenvalue weighted by molar-refractivity contribution is 5.64. The van der Waals surface area contributed by atoms with Crippen LogP contribution in [0.4, 0.5) is 30.7 Å². The Bertz CT molecular complexity index is 1160. The fraction of sp³-hybridized carbons (Fsp3) is 0.200. The van der Waals surface area contributed by atoms with Crippen molar-refractivity contribution in [1.82, 2.24) is 0 Å². The van der Waals surface area contributed by atoms with Crippen molar-refractivity contribution < 1.29 is 35.5 Å². The van der Waals surface area contributed by atoms with Crippen molar-refractivity contribution in [3.63, 3.8) is 0 Å². The van der Waals surface area contributed by atoms with E-state index < -0.39 is 52.9 Å². The van der Waals surface area contributed by atoms with Gasteiger partial charge in [0.15, 0.2) is 0 Å². The van der Waals surface area contributed by atoms with Crippen molar-refractivity contribution in [1.29, 1.82) is 0 Å². The van der Waals surface area contributed by atoms with E-state index >= 15 is 0 Å². The normalized spacial score (nSPS) is 11.2. The van der Waals surface area contributed by atoms with Gasteiger partial charge in [0.1, 0.15) is 35.6 Å². The van der Waals surface area contributed by atoms with Gasteiger partial charge in [0, 0.05) is 18.1 Å². The third kappa shape index (κ3) is 6.28. The van der Waals surface area contributed by atoms with Crippen LogP contribution in [0.1, 0.15) is 30.0 Å². The van der Waals surface area contributed by atoms with Crippen molar-refractivity contribution in [3.8, 4) is 28.7 Å². The number of ether oxygens (including phenoxy) is 1. The largest absolute Gasteiger partial charge is 0.488 e. The Morgan fingerprint density at radius 1 is 0.788 bits per heavy atom. The Kier molecular flexibility index (Phi) is 7.32. The Morgan fingerprint density at radius 3 is 1.88 bits per heavy atom. The van der Waals surface area contributed by atoms with Gasteiger partial charge >= 0.3 is 6.18 Å². The molecular weight excluding hydrogens is 449 g/mol. The third-order valence-electron chi connectivity index (χ3n) is 4.70. The lowest BCUT2D eigenvalue weighted by Gasteiger charge is -2.11. The van der Waals surface area contributed by atoms with Crippen LogP contribution in [0.25, 0.3) is 11.1 Å². The van der Waals surface area contributed by atoms with E-state index in [2.05, 4.69) is 0 Å². The Labute approximate surface area is 185 Å². The number of rotatable bonds is 6. The van der Waals surface area contributed by atoms with E-state index in [-0.39, 0.29) is 0 Å². The van der Waals surface area contributed by atoms with Crippen molar-refractivity contribution >= 4 is 0 Å². The van der Waals surface area contributed by atoms with Crippen molar-refractivity contribution in [3.05, 3.63) is 88.5 Å². The quantitative estimate of drug-likeness (QED) is 0.273. The molecule has 3 aromatic rings. The van der Waals surface area contributed by atoms with Gasteiger partial charge in [-0.05, 0) is 35.2 Å². The summed E-state index contributed by atoms with van der Waals surface area (Å²) in [6, 6.07) is 10.7. The first kappa shape index (κ1) is 24.2. The minimum Gasteiger partial charge on any atom is -0.488 e. The fourth-order valence-corrected chi connectivity index (χ4v) is 3.10. The Morgan fingerprint density at radius 2 is 1.36 bits per heavy atom. The summed E-state index contributed by atoms with van der Waals surface area (Å²) < 4.78 is 98.5. The summed E-state index contributed by atoms with van der Waals surface area (Å²) in [5.41, 5.74) is 0.456. The van der Waals surface area contributed by atoms with E-state index in [4.69, 9.17) is 4.74 Å². The van der Waals surface area contributed by atoms with Crippen LogP contribution in [0.3, 0.4) is 0 Å². The molecule has 172 valence electrons. The summed E-state index contributed by atoms with van der Waals surface area (Å²) in [6.45, 7) is 1.35. The minimum atomic E-state index is -4.92. The van der Waals surface area contributed by atoms with Crippen LogP contribution < -0.4 is 4.74 Å². The molecule has 3 rings (SSSR count). The van der Waals surface area contributed by atoms with Crippen molar-refractivity contribution in [2.75, 3.05) is 0 Å². The number of halogens is 7. The van der Waals surface area contributed by atoms with E-state index in [1.807, 2.05) is 19.1 Å². The minimum absolute atomic E-state index is 0.307. The molecule has 0 bridgehead atoms. The molecule has 0 heterocycles. The van der Waals surface area contributed by atoms with Crippen LogP contribution in [-0.4, -0.2) is 6.18 Å². The number of aryl methyl sites for hydroxylation is 1. The number of alkyl halides is 3. The molecule has 0 aliphatic carbocycles. The van der Waals surface area contributed by atoms with Crippen LogP contribution in [-0.2, 0) is 13.0 Å². The van der Waals surface area contributed by atoms with Gasteiger partial charge in [0.2, 0.25) is 0 Å². The fourth-order valence-electron chi connectivity index (χ4n) is 3.10. The van der Waals surface area contributed by atoms with Gasteiger partial charge in [0.25, 0.3) is 0 Å². The molecule has 8 heteroatoms. The van der Waals surface area contributed by atoms with E-state index in [0.717, 1.165) is 36.5 Å². The van der Waals surface area contributed by atoms with E-state index in [1.54, 1.807) is 12.1 Å². The maximum Gasteiger partial charge on any atom is 0.458 e. The molecule has 0 N–H and O–H groups in total. The zero-order valence-corrected chi connectivity index (χ0v) is 17.3. The predicted octanol–water partition coefficient (Wildman–Crippen LogP) is 7.36. The zero-order valence-electron chi connectivity index (χ0n) is 17.3. The standard InChI is InChI=1S/C25H17F7O/c1-2-3-15-4-6-16(7-5-15)17-10-21(26)20(22(27)11-17)14-33-18-12-23(28)19(24(29)13-18)8-9-25(30,31)32/h4-7,10-13H,2-3,14H2,1H3. The summed E-state index contributed by atoms with van der Waals surface area (Å²) in [6.07, 6.45) is -3.07. The second kappa shape index (κ2) is 9.99. The highest BCUT2D eigenvalue weighted by Gasteiger charge is 2.24. The molecule has 0 aliphatic rings. The molecule has 0 unspecified atom stereocenters.